The summed E-state index contributed by atoms with van der Waals surface area (Å²) in [7, 11) is -3.85. The largest absolute Gasteiger partial charge is 0.400 e. The molecule has 2 atom stereocenters. The van der Waals surface area contributed by atoms with Crippen LogP contribution in [-0.4, -0.2) is 20.6 Å². The Labute approximate surface area is 98.7 Å². The molecule has 0 saturated carbocycles. The van der Waals surface area contributed by atoms with Crippen LogP contribution in [0.15, 0.2) is 0 Å². The average molecular weight is 250 g/mol. The molecule has 96 valence electrons. The Morgan fingerprint density at radius 2 is 1.19 bits per heavy atom. The fourth-order valence-electron chi connectivity index (χ4n) is 1.58. The van der Waals surface area contributed by atoms with E-state index in [1.807, 2.05) is 41.5 Å². The summed E-state index contributed by atoms with van der Waals surface area (Å²) in [4.78, 5) is 0. The van der Waals surface area contributed by atoms with Gasteiger partial charge in [-0.25, -0.2) is 8.37 Å². The molecule has 0 aromatic carbocycles. The molecule has 4 nitrogen and oxygen atoms in total. The van der Waals surface area contributed by atoms with E-state index in [2.05, 4.69) is 0 Å². The fourth-order valence-corrected chi connectivity index (χ4v) is 2.92. The molecule has 0 aliphatic carbocycles. The molecule has 0 aromatic rings. The first-order chi connectivity index (χ1) is 6.92. The summed E-state index contributed by atoms with van der Waals surface area (Å²) in [6.07, 6.45) is -0.0439. The average Bonchev–Trinajstić information content (AvgIpc) is 1.97. The first-order valence-electron chi connectivity index (χ1n) is 5.53. The third kappa shape index (κ3) is 3.43. The van der Waals surface area contributed by atoms with Gasteiger partial charge in [-0.05, 0) is 10.8 Å². The highest BCUT2D eigenvalue weighted by atomic mass is 32.3. The van der Waals surface area contributed by atoms with Crippen LogP contribution in [0.3, 0.4) is 0 Å². The van der Waals surface area contributed by atoms with Gasteiger partial charge in [0.15, 0.2) is 0 Å². The van der Waals surface area contributed by atoms with Gasteiger partial charge in [0.2, 0.25) is 0 Å². The van der Waals surface area contributed by atoms with Gasteiger partial charge in [0.05, 0.1) is 12.2 Å². The summed E-state index contributed by atoms with van der Waals surface area (Å²) in [5.74, 6) is 0. The van der Waals surface area contributed by atoms with Crippen molar-refractivity contribution in [2.45, 2.75) is 60.2 Å². The summed E-state index contributed by atoms with van der Waals surface area (Å²) in [5, 5.41) is 0. The Morgan fingerprint density at radius 1 is 0.875 bits per heavy atom. The maximum atomic E-state index is 11.5. The molecule has 16 heavy (non-hydrogen) atoms. The van der Waals surface area contributed by atoms with E-state index >= 15 is 0 Å². The van der Waals surface area contributed by atoms with Gasteiger partial charge >= 0.3 is 10.4 Å². The molecule has 0 radical (unpaired) electrons. The monoisotopic (exact) mass is 250 g/mol. The van der Waals surface area contributed by atoms with Crippen LogP contribution in [0.5, 0.6) is 0 Å². The van der Waals surface area contributed by atoms with Crippen LogP contribution in [0.25, 0.3) is 0 Å². The lowest BCUT2D eigenvalue weighted by Crippen LogP contribution is -2.46. The molecule has 0 spiro atoms. The van der Waals surface area contributed by atoms with E-state index in [-0.39, 0.29) is 23.0 Å². The molecule has 0 aromatic heterocycles. The van der Waals surface area contributed by atoms with Gasteiger partial charge in [0.25, 0.3) is 0 Å². The normalized spacial score (nSPS) is 31.4. The van der Waals surface area contributed by atoms with Crippen molar-refractivity contribution in [3.8, 4) is 0 Å². The van der Waals surface area contributed by atoms with Crippen molar-refractivity contribution in [3.63, 3.8) is 0 Å². The summed E-state index contributed by atoms with van der Waals surface area (Å²) >= 11 is 0. The standard InChI is InChI=1S/C11H22O4S/c1-10(2,3)8-7-9(11(4,5)6)15-16(12,13)14-8/h8-9H,7H2,1-6H3/t8-,9-/m0/s1. The minimum absolute atomic E-state index is 0.208. The van der Waals surface area contributed by atoms with Crippen LogP contribution in [-0.2, 0) is 18.8 Å². The van der Waals surface area contributed by atoms with E-state index in [1.54, 1.807) is 0 Å². The van der Waals surface area contributed by atoms with Crippen LogP contribution < -0.4 is 0 Å². The highest BCUT2D eigenvalue weighted by Gasteiger charge is 2.43. The Hall–Kier alpha value is -0.130. The molecule has 1 heterocycles. The molecule has 1 aliphatic rings. The first kappa shape index (κ1) is 13.9. The third-order valence-electron chi connectivity index (χ3n) is 2.83. The van der Waals surface area contributed by atoms with Crippen molar-refractivity contribution >= 4 is 10.4 Å². The van der Waals surface area contributed by atoms with Gasteiger partial charge in [-0.15, -0.1) is 0 Å². The van der Waals surface area contributed by atoms with E-state index in [1.165, 1.54) is 0 Å². The summed E-state index contributed by atoms with van der Waals surface area (Å²) in [6.45, 7) is 11.8. The molecule has 1 aliphatic heterocycles. The van der Waals surface area contributed by atoms with Crippen molar-refractivity contribution in [1.29, 1.82) is 0 Å². The Bertz CT molecular complexity index is 317. The fraction of sp³-hybridized carbons (Fsp3) is 1.00. The minimum atomic E-state index is -3.85. The van der Waals surface area contributed by atoms with Crippen molar-refractivity contribution in [2.24, 2.45) is 10.8 Å². The second-order valence-electron chi connectivity index (χ2n) is 6.55. The lowest BCUT2D eigenvalue weighted by molar-refractivity contribution is -0.0480. The zero-order valence-electron chi connectivity index (χ0n) is 10.9. The van der Waals surface area contributed by atoms with Crippen LogP contribution in [0.4, 0.5) is 0 Å². The molecule has 5 heteroatoms. The van der Waals surface area contributed by atoms with E-state index in [4.69, 9.17) is 8.37 Å². The molecule has 0 amide bonds. The van der Waals surface area contributed by atoms with Crippen LogP contribution >= 0.6 is 0 Å². The Balaban J connectivity index is 2.96. The Morgan fingerprint density at radius 3 is 1.44 bits per heavy atom. The highest BCUT2D eigenvalue weighted by Crippen LogP contribution is 2.38. The summed E-state index contributed by atoms with van der Waals surface area (Å²) in [5.41, 5.74) is -0.416. The van der Waals surface area contributed by atoms with Gasteiger partial charge in [0.1, 0.15) is 0 Å². The number of rotatable bonds is 0. The smallest absolute Gasteiger partial charge is 0.244 e. The summed E-state index contributed by atoms with van der Waals surface area (Å²) < 4.78 is 33.1. The molecule has 1 rings (SSSR count). The van der Waals surface area contributed by atoms with Crippen LogP contribution in [0, 0.1) is 10.8 Å². The lowest BCUT2D eigenvalue weighted by Gasteiger charge is -2.40. The first-order valence-corrected chi connectivity index (χ1v) is 6.87. The molecule has 0 unspecified atom stereocenters. The number of hydrogen-bond donors (Lipinski definition) is 0. The molecular formula is C11H22O4S. The van der Waals surface area contributed by atoms with Crippen molar-refractivity contribution in [3.05, 3.63) is 0 Å². The van der Waals surface area contributed by atoms with Gasteiger partial charge in [-0.1, -0.05) is 41.5 Å². The van der Waals surface area contributed by atoms with Gasteiger partial charge in [-0.2, -0.15) is 8.42 Å². The highest BCUT2D eigenvalue weighted by molar-refractivity contribution is 7.81. The Kier molecular flexibility index (Phi) is 3.45. The second-order valence-corrected chi connectivity index (χ2v) is 7.75. The predicted molar refractivity (Wildman–Crippen MR) is 62.2 cm³/mol. The molecule has 1 fully saturated rings. The number of hydrogen-bond acceptors (Lipinski definition) is 4. The van der Waals surface area contributed by atoms with E-state index in [9.17, 15) is 8.42 Å². The molecule has 0 bridgehead atoms. The van der Waals surface area contributed by atoms with Crippen LogP contribution in [0.1, 0.15) is 48.0 Å². The zero-order chi connectivity index (χ0) is 12.8. The van der Waals surface area contributed by atoms with Gasteiger partial charge in [-0.3, -0.25) is 0 Å². The third-order valence-corrected chi connectivity index (χ3v) is 3.76. The lowest BCUT2D eigenvalue weighted by atomic mass is 9.79. The zero-order valence-corrected chi connectivity index (χ0v) is 11.7. The van der Waals surface area contributed by atoms with Crippen molar-refractivity contribution in [2.75, 3.05) is 0 Å². The van der Waals surface area contributed by atoms with Gasteiger partial charge in [0, 0.05) is 6.42 Å². The maximum Gasteiger partial charge on any atom is 0.400 e. The molecular weight excluding hydrogens is 228 g/mol. The van der Waals surface area contributed by atoms with E-state index < -0.39 is 10.4 Å². The molecule has 0 N–H and O–H groups in total. The van der Waals surface area contributed by atoms with E-state index in [0.29, 0.717) is 6.42 Å². The van der Waals surface area contributed by atoms with Crippen LogP contribution in [0.2, 0.25) is 0 Å². The quantitative estimate of drug-likeness (QED) is 0.663. The predicted octanol–water partition coefficient (Wildman–Crippen LogP) is 2.50. The minimum Gasteiger partial charge on any atom is -0.244 e. The topological polar surface area (TPSA) is 52.6 Å². The second kappa shape index (κ2) is 3.96. The van der Waals surface area contributed by atoms with Crippen molar-refractivity contribution < 1.29 is 16.8 Å². The SMILES string of the molecule is CC(C)(C)[C@@H]1C[C@@H](C(C)(C)C)OS(=O)(=O)O1. The molecule has 1 saturated heterocycles. The summed E-state index contributed by atoms with van der Waals surface area (Å²) in [6, 6.07) is 0. The maximum absolute atomic E-state index is 11.5. The van der Waals surface area contributed by atoms with Gasteiger partial charge < -0.3 is 0 Å². The van der Waals surface area contributed by atoms with E-state index in [0.717, 1.165) is 0 Å². The van der Waals surface area contributed by atoms with Crippen molar-refractivity contribution in [1.82, 2.24) is 0 Å².